The number of esters is 1. The van der Waals surface area contributed by atoms with E-state index in [9.17, 15) is 9.90 Å². The molecular formula is C12H23N3O3. The summed E-state index contributed by atoms with van der Waals surface area (Å²) >= 11 is 0. The number of methoxy groups -OCH3 is 1. The molecule has 0 aromatic heterocycles. The van der Waals surface area contributed by atoms with Gasteiger partial charge in [0.15, 0.2) is 0 Å². The van der Waals surface area contributed by atoms with Crippen LogP contribution in [0.15, 0.2) is 5.11 Å². The molecule has 0 aliphatic carbocycles. The van der Waals surface area contributed by atoms with E-state index < -0.39 is 6.10 Å². The van der Waals surface area contributed by atoms with Crippen LogP contribution in [0.2, 0.25) is 0 Å². The normalized spacial score (nSPS) is 11.7. The molecule has 0 bridgehead atoms. The monoisotopic (exact) mass is 257 g/mol. The van der Waals surface area contributed by atoms with E-state index in [0.29, 0.717) is 12.8 Å². The summed E-state index contributed by atoms with van der Waals surface area (Å²) in [7, 11) is 1.41. The topological polar surface area (TPSA) is 95.3 Å². The number of hydrogen-bond donors (Lipinski definition) is 1. The molecule has 6 heteroatoms. The Morgan fingerprint density at radius 1 is 1.28 bits per heavy atom. The number of unbranched alkanes of at least 4 members (excludes halogenated alkanes) is 5. The van der Waals surface area contributed by atoms with Gasteiger partial charge in [-0.05, 0) is 18.4 Å². The zero-order valence-corrected chi connectivity index (χ0v) is 11.0. The van der Waals surface area contributed by atoms with Gasteiger partial charge in [-0.3, -0.25) is 4.79 Å². The minimum Gasteiger partial charge on any atom is -0.469 e. The molecule has 1 unspecified atom stereocenters. The van der Waals surface area contributed by atoms with Crippen molar-refractivity contribution in [3.8, 4) is 0 Å². The van der Waals surface area contributed by atoms with Crippen molar-refractivity contribution in [2.75, 3.05) is 13.7 Å². The van der Waals surface area contributed by atoms with Crippen molar-refractivity contribution in [3.05, 3.63) is 10.4 Å². The summed E-state index contributed by atoms with van der Waals surface area (Å²) in [5.74, 6) is -0.142. The first-order chi connectivity index (χ1) is 8.70. The molecule has 0 radical (unpaired) electrons. The van der Waals surface area contributed by atoms with Crippen LogP contribution < -0.4 is 0 Å². The summed E-state index contributed by atoms with van der Waals surface area (Å²) in [5.41, 5.74) is 8.08. The van der Waals surface area contributed by atoms with Crippen molar-refractivity contribution in [2.24, 2.45) is 5.11 Å². The molecule has 0 aliphatic heterocycles. The second-order valence-corrected chi connectivity index (χ2v) is 4.30. The number of rotatable bonds is 11. The van der Waals surface area contributed by atoms with E-state index in [2.05, 4.69) is 14.8 Å². The Kier molecular flexibility index (Phi) is 11.3. The van der Waals surface area contributed by atoms with E-state index in [1.54, 1.807) is 0 Å². The molecule has 0 aromatic carbocycles. The number of carbonyl (C=O) groups excluding carboxylic acids is 1. The largest absolute Gasteiger partial charge is 0.469 e. The molecule has 0 amide bonds. The van der Waals surface area contributed by atoms with Crippen molar-refractivity contribution in [1.82, 2.24) is 0 Å². The Labute approximate surface area is 108 Å². The fourth-order valence-electron chi connectivity index (χ4n) is 1.68. The summed E-state index contributed by atoms with van der Waals surface area (Å²) in [6.45, 7) is 0.162. The zero-order chi connectivity index (χ0) is 13.6. The van der Waals surface area contributed by atoms with Gasteiger partial charge in [0.25, 0.3) is 0 Å². The van der Waals surface area contributed by atoms with E-state index in [0.717, 1.165) is 38.5 Å². The van der Waals surface area contributed by atoms with E-state index in [1.807, 2.05) is 0 Å². The lowest BCUT2D eigenvalue weighted by Crippen LogP contribution is -2.09. The average molecular weight is 257 g/mol. The maximum absolute atomic E-state index is 10.8. The number of aliphatic hydroxyl groups is 1. The Morgan fingerprint density at radius 2 is 1.89 bits per heavy atom. The van der Waals surface area contributed by atoms with E-state index in [1.165, 1.54) is 7.11 Å². The third-order valence-electron chi connectivity index (χ3n) is 2.75. The van der Waals surface area contributed by atoms with Gasteiger partial charge < -0.3 is 9.84 Å². The Morgan fingerprint density at radius 3 is 2.50 bits per heavy atom. The van der Waals surface area contributed by atoms with Crippen molar-refractivity contribution in [3.63, 3.8) is 0 Å². The van der Waals surface area contributed by atoms with Crippen LogP contribution in [-0.4, -0.2) is 30.8 Å². The van der Waals surface area contributed by atoms with Crippen LogP contribution in [0.4, 0.5) is 0 Å². The standard InChI is InChI=1S/C12H23N3O3/c1-18-12(17)9-7-5-3-2-4-6-8-11(16)10-14-15-13/h11,16H,2-10H2,1H3. The maximum atomic E-state index is 10.8. The van der Waals surface area contributed by atoms with Crippen LogP contribution in [0.1, 0.15) is 51.4 Å². The molecule has 0 fully saturated rings. The number of aliphatic hydroxyl groups excluding tert-OH is 1. The van der Waals surface area contributed by atoms with Crippen LogP contribution in [-0.2, 0) is 9.53 Å². The fourth-order valence-corrected chi connectivity index (χ4v) is 1.68. The predicted molar refractivity (Wildman–Crippen MR) is 69.0 cm³/mol. The number of ether oxygens (including phenoxy) is 1. The molecule has 0 rings (SSSR count). The molecule has 0 heterocycles. The molecule has 0 saturated heterocycles. The van der Waals surface area contributed by atoms with Crippen molar-refractivity contribution in [2.45, 2.75) is 57.5 Å². The van der Waals surface area contributed by atoms with E-state index in [-0.39, 0.29) is 12.5 Å². The van der Waals surface area contributed by atoms with Gasteiger partial charge in [-0.15, -0.1) is 0 Å². The molecule has 0 aliphatic rings. The second kappa shape index (κ2) is 12.2. The lowest BCUT2D eigenvalue weighted by atomic mass is 10.1. The molecule has 1 atom stereocenters. The first-order valence-corrected chi connectivity index (χ1v) is 6.46. The fraction of sp³-hybridized carbons (Fsp3) is 0.917. The Hall–Kier alpha value is -1.26. The molecule has 0 spiro atoms. The molecule has 0 aromatic rings. The smallest absolute Gasteiger partial charge is 0.305 e. The van der Waals surface area contributed by atoms with Crippen LogP contribution in [0.25, 0.3) is 10.4 Å². The van der Waals surface area contributed by atoms with Crippen LogP contribution in [0.5, 0.6) is 0 Å². The third-order valence-corrected chi connectivity index (χ3v) is 2.75. The zero-order valence-electron chi connectivity index (χ0n) is 11.0. The highest BCUT2D eigenvalue weighted by Gasteiger charge is 2.02. The Bertz CT molecular complexity index is 265. The minimum absolute atomic E-state index is 0.142. The molecule has 0 saturated carbocycles. The summed E-state index contributed by atoms with van der Waals surface area (Å²) in [6.07, 6.45) is 6.80. The average Bonchev–Trinajstić information content (AvgIpc) is 2.38. The molecule has 104 valence electrons. The first kappa shape index (κ1) is 16.7. The van der Waals surface area contributed by atoms with Gasteiger partial charge in [0, 0.05) is 11.3 Å². The molecule has 1 N–H and O–H groups in total. The first-order valence-electron chi connectivity index (χ1n) is 6.46. The lowest BCUT2D eigenvalue weighted by molar-refractivity contribution is -0.140. The van der Waals surface area contributed by atoms with Gasteiger partial charge >= 0.3 is 5.97 Å². The summed E-state index contributed by atoms with van der Waals surface area (Å²) in [6, 6.07) is 0. The van der Waals surface area contributed by atoms with Crippen LogP contribution in [0.3, 0.4) is 0 Å². The molecule has 18 heavy (non-hydrogen) atoms. The molecular weight excluding hydrogens is 234 g/mol. The van der Waals surface area contributed by atoms with Gasteiger partial charge in [0.05, 0.1) is 19.8 Å². The number of nitrogens with zero attached hydrogens (tertiary/aromatic N) is 3. The quantitative estimate of drug-likeness (QED) is 0.202. The highest BCUT2D eigenvalue weighted by molar-refractivity contribution is 5.68. The summed E-state index contributed by atoms with van der Waals surface area (Å²) < 4.78 is 4.55. The highest BCUT2D eigenvalue weighted by atomic mass is 16.5. The Balaban J connectivity index is 3.20. The van der Waals surface area contributed by atoms with Crippen LogP contribution in [0, 0.1) is 0 Å². The van der Waals surface area contributed by atoms with Gasteiger partial charge in [-0.1, -0.05) is 37.2 Å². The number of carbonyl (C=O) groups is 1. The summed E-state index contributed by atoms with van der Waals surface area (Å²) in [5, 5.41) is 12.7. The van der Waals surface area contributed by atoms with Crippen molar-refractivity contribution < 1.29 is 14.6 Å². The van der Waals surface area contributed by atoms with Crippen molar-refractivity contribution in [1.29, 1.82) is 0 Å². The second-order valence-electron chi connectivity index (χ2n) is 4.30. The lowest BCUT2D eigenvalue weighted by Gasteiger charge is -2.06. The minimum atomic E-state index is -0.514. The third kappa shape index (κ3) is 11.2. The van der Waals surface area contributed by atoms with E-state index in [4.69, 9.17) is 5.53 Å². The predicted octanol–water partition coefficient (Wildman–Crippen LogP) is 2.95. The number of hydrogen-bond acceptors (Lipinski definition) is 4. The van der Waals surface area contributed by atoms with Crippen molar-refractivity contribution >= 4 is 5.97 Å². The molecule has 6 nitrogen and oxygen atoms in total. The van der Waals surface area contributed by atoms with Gasteiger partial charge in [-0.25, -0.2) is 0 Å². The van der Waals surface area contributed by atoms with E-state index >= 15 is 0 Å². The maximum Gasteiger partial charge on any atom is 0.305 e. The van der Waals surface area contributed by atoms with Crippen LogP contribution >= 0.6 is 0 Å². The van der Waals surface area contributed by atoms with Gasteiger partial charge in [0.2, 0.25) is 0 Å². The number of azide groups is 1. The SMILES string of the molecule is COC(=O)CCCCCCCCC(O)CN=[N+]=[N-]. The highest BCUT2D eigenvalue weighted by Crippen LogP contribution is 2.10. The van der Waals surface area contributed by atoms with Gasteiger partial charge in [-0.2, -0.15) is 0 Å². The van der Waals surface area contributed by atoms with Gasteiger partial charge in [0.1, 0.15) is 0 Å². The summed E-state index contributed by atoms with van der Waals surface area (Å²) in [4.78, 5) is 13.4.